The van der Waals surface area contributed by atoms with E-state index in [0.717, 1.165) is 16.4 Å². The van der Waals surface area contributed by atoms with Crippen LogP contribution in [0.5, 0.6) is 0 Å². The zero-order valence-electron chi connectivity index (χ0n) is 10.9. The molecule has 9 heteroatoms. The van der Waals surface area contributed by atoms with Gasteiger partial charge in [-0.25, -0.2) is 8.42 Å². The molecule has 0 amide bonds. The second-order valence-corrected chi connectivity index (χ2v) is 6.63. The second kappa shape index (κ2) is 5.45. The van der Waals surface area contributed by atoms with Gasteiger partial charge in [0, 0.05) is 31.5 Å². The van der Waals surface area contributed by atoms with Crippen molar-refractivity contribution in [2.75, 3.05) is 13.1 Å². The maximum Gasteiger partial charge on any atom is 0.415 e. The van der Waals surface area contributed by atoms with E-state index in [1.54, 1.807) is 0 Å². The van der Waals surface area contributed by atoms with E-state index >= 15 is 0 Å². The van der Waals surface area contributed by atoms with Crippen LogP contribution in [-0.2, 0) is 21.0 Å². The molecular formula is C12H11BF3NO3S. The fraction of sp³-hybridized carbons (Fsp3) is 0.417. The van der Waals surface area contributed by atoms with E-state index in [2.05, 4.69) is 0 Å². The molecule has 1 aliphatic rings. The summed E-state index contributed by atoms with van der Waals surface area (Å²) in [6, 6.07) is 2.49. The molecule has 21 heavy (non-hydrogen) atoms. The van der Waals surface area contributed by atoms with E-state index in [1.807, 2.05) is 0 Å². The smallest absolute Gasteiger partial charge is 0.300 e. The molecule has 1 aromatic carbocycles. The number of alkyl halides is 3. The molecule has 0 atom stereocenters. The standard InChI is InChI=1S/C12H11BF3NO3S/c13-11-2-1-9(7-10(11)12(14,15)16)21(19,20)17-5-3-8(18)4-6-17/h1-2,7H,3-6H2. The van der Waals surface area contributed by atoms with Crippen molar-refractivity contribution in [3.8, 4) is 0 Å². The Kier molecular flexibility index (Phi) is 4.16. The minimum absolute atomic E-state index is 0.0209. The zero-order chi connectivity index (χ0) is 15.8. The SMILES string of the molecule is [B]c1ccc(S(=O)(=O)N2CCC(=O)CC2)cc1C(F)(F)F. The number of carbonyl (C=O) groups is 1. The van der Waals surface area contributed by atoms with Crippen LogP contribution in [0.2, 0.25) is 0 Å². The van der Waals surface area contributed by atoms with E-state index in [1.165, 1.54) is 0 Å². The lowest BCUT2D eigenvalue weighted by Crippen LogP contribution is -2.38. The van der Waals surface area contributed by atoms with Gasteiger partial charge >= 0.3 is 6.18 Å². The third-order valence-corrected chi connectivity index (χ3v) is 5.14. The van der Waals surface area contributed by atoms with Crippen LogP contribution in [-0.4, -0.2) is 39.4 Å². The van der Waals surface area contributed by atoms with Crippen LogP contribution in [0.4, 0.5) is 13.2 Å². The first-order valence-electron chi connectivity index (χ1n) is 6.11. The average molecular weight is 317 g/mol. The van der Waals surface area contributed by atoms with Gasteiger partial charge in [0.25, 0.3) is 0 Å². The number of benzene rings is 1. The summed E-state index contributed by atoms with van der Waals surface area (Å²) in [7, 11) is 1.18. The number of Topliss-reactive ketones (excluding diaryl/α,β-unsaturated/α-hetero) is 1. The van der Waals surface area contributed by atoms with Crippen molar-refractivity contribution in [2.45, 2.75) is 23.9 Å². The molecule has 1 fully saturated rings. The Labute approximate surface area is 121 Å². The molecule has 4 nitrogen and oxygen atoms in total. The molecule has 1 aromatic rings. The highest BCUT2D eigenvalue weighted by atomic mass is 32.2. The van der Waals surface area contributed by atoms with E-state index in [4.69, 9.17) is 7.85 Å². The Morgan fingerprint density at radius 2 is 1.71 bits per heavy atom. The van der Waals surface area contributed by atoms with Crippen LogP contribution in [0.25, 0.3) is 0 Å². The van der Waals surface area contributed by atoms with Crippen molar-refractivity contribution >= 4 is 29.1 Å². The van der Waals surface area contributed by atoms with Gasteiger partial charge in [-0.05, 0) is 12.1 Å². The minimum Gasteiger partial charge on any atom is -0.300 e. The van der Waals surface area contributed by atoms with Gasteiger partial charge in [-0.2, -0.15) is 17.5 Å². The van der Waals surface area contributed by atoms with Crippen molar-refractivity contribution in [1.82, 2.24) is 4.31 Å². The Balaban J connectivity index is 2.39. The van der Waals surface area contributed by atoms with E-state index < -0.39 is 32.1 Å². The number of nitrogens with zero attached hydrogens (tertiary/aromatic N) is 1. The third kappa shape index (κ3) is 3.29. The Morgan fingerprint density at radius 3 is 2.24 bits per heavy atom. The summed E-state index contributed by atoms with van der Waals surface area (Å²) < 4.78 is 63.9. The molecule has 0 bridgehead atoms. The largest absolute Gasteiger partial charge is 0.415 e. The van der Waals surface area contributed by atoms with Crippen LogP contribution in [0.1, 0.15) is 18.4 Å². The highest BCUT2D eigenvalue weighted by Crippen LogP contribution is 2.30. The number of halogens is 3. The normalized spacial score (nSPS) is 18.0. The van der Waals surface area contributed by atoms with E-state index in [-0.39, 0.29) is 31.7 Å². The van der Waals surface area contributed by atoms with Gasteiger partial charge in [-0.3, -0.25) is 4.79 Å². The molecular weight excluding hydrogens is 306 g/mol. The number of piperidine rings is 1. The molecule has 0 unspecified atom stereocenters. The van der Waals surface area contributed by atoms with Crippen molar-refractivity contribution in [2.24, 2.45) is 0 Å². The summed E-state index contributed by atoms with van der Waals surface area (Å²) in [5, 5.41) is 0. The van der Waals surface area contributed by atoms with Crippen molar-refractivity contribution < 1.29 is 26.4 Å². The molecule has 112 valence electrons. The summed E-state index contributed by atoms with van der Waals surface area (Å²) in [6.45, 7) is -0.0419. The van der Waals surface area contributed by atoms with Gasteiger partial charge in [-0.15, -0.1) is 0 Å². The lowest BCUT2D eigenvalue weighted by Gasteiger charge is -2.25. The maximum absolute atomic E-state index is 12.8. The Bertz CT molecular complexity index is 663. The second-order valence-electron chi connectivity index (χ2n) is 4.69. The zero-order valence-corrected chi connectivity index (χ0v) is 11.7. The van der Waals surface area contributed by atoms with Crippen molar-refractivity contribution in [3.05, 3.63) is 23.8 Å². The van der Waals surface area contributed by atoms with E-state index in [0.29, 0.717) is 6.07 Å². The summed E-state index contributed by atoms with van der Waals surface area (Å²) in [5.74, 6) is -0.0604. The Hall–Kier alpha value is -1.35. The minimum atomic E-state index is -4.73. The van der Waals surface area contributed by atoms with Gasteiger partial charge in [0.2, 0.25) is 10.0 Å². The van der Waals surface area contributed by atoms with Crippen LogP contribution >= 0.6 is 0 Å². The molecule has 1 heterocycles. The molecule has 0 N–H and O–H groups in total. The third-order valence-electron chi connectivity index (χ3n) is 3.25. The molecule has 0 spiro atoms. The highest BCUT2D eigenvalue weighted by Gasteiger charge is 2.35. The van der Waals surface area contributed by atoms with Crippen LogP contribution < -0.4 is 5.46 Å². The summed E-state index contributed by atoms with van der Waals surface area (Å²) >= 11 is 0. The van der Waals surface area contributed by atoms with E-state index in [9.17, 15) is 26.4 Å². The summed E-state index contributed by atoms with van der Waals surface area (Å²) in [6.07, 6.45) is -4.59. The van der Waals surface area contributed by atoms with Crippen molar-refractivity contribution in [3.63, 3.8) is 0 Å². The number of hydrogen-bond acceptors (Lipinski definition) is 3. The van der Waals surface area contributed by atoms with Gasteiger partial charge in [0.1, 0.15) is 13.6 Å². The lowest BCUT2D eigenvalue weighted by atomic mass is 9.90. The first kappa shape index (κ1) is 16.0. The number of ketones is 1. The van der Waals surface area contributed by atoms with Gasteiger partial charge in [-0.1, -0.05) is 11.5 Å². The number of hydrogen-bond donors (Lipinski definition) is 0. The lowest BCUT2D eigenvalue weighted by molar-refractivity contribution is -0.136. The number of sulfonamides is 1. The maximum atomic E-state index is 12.8. The predicted molar refractivity (Wildman–Crippen MR) is 69.8 cm³/mol. The van der Waals surface area contributed by atoms with Gasteiger partial charge < -0.3 is 0 Å². The number of carbonyl (C=O) groups excluding carboxylic acids is 1. The molecule has 0 aliphatic carbocycles. The molecule has 1 saturated heterocycles. The average Bonchev–Trinajstić information content (AvgIpc) is 2.38. The molecule has 1 aliphatic heterocycles. The molecule has 2 radical (unpaired) electrons. The Morgan fingerprint density at radius 1 is 1.14 bits per heavy atom. The highest BCUT2D eigenvalue weighted by molar-refractivity contribution is 7.89. The van der Waals surface area contributed by atoms with Crippen LogP contribution in [0.15, 0.2) is 23.1 Å². The molecule has 0 aromatic heterocycles. The first-order chi connectivity index (χ1) is 9.62. The predicted octanol–water partition coefficient (Wildman–Crippen LogP) is 0.853. The monoisotopic (exact) mass is 317 g/mol. The van der Waals surface area contributed by atoms with Gasteiger partial charge in [0.15, 0.2) is 0 Å². The van der Waals surface area contributed by atoms with Crippen LogP contribution in [0, 0.1) is 0 Å². The fourth-order valence-electron chi connectivity index (χ4n) is 2.07. The topological polar surface area (TPSA) is 54.5 Å². The number of rotatable bonds is 2. The quantitative estimate of drug-likeness (QED) is 0.760. The molecule has 2 rings (SSSR count). The van der Waals surface area contributed by atoms with Crippen LogP contribution in [0.3, 0.4) is 0 Å². The van der Waals surface area contributed by atoms with Crippen molar-refractivity contribution in [1.29, 1.82) is 0 Å². The fourth-order valence-corrected chi connectivity index (χ4v) is 3.53. The first-order valence-corrected chi connectivity index (χ1v) is 7.55. The molecule has 0 saturated carbocycles. The summed E-state index contributed by atoms with van der Waals surface area (Å²) in [4.78, 5) is 10.6. The summed E-state index contributed by atoms with van der Waals surface area (Å²) in [5.41, 5.74) is -1.72. The van der Waals surface area contributed by atoms with Gasteiger partial charge in [0.05, 0.1) is 4.90 Å².